The van der Waals surface area contributed by atoms with Crippen molar-refractivity contribution < 1.29 is 0 Å². The zero-order valence-electron chi connectivity index (χ0n) is 7.96. The van der Waals surface area contributed by atoms with Crippen LogP contribution in [0.5, 0.6) is 0 Å². The van der Waals surface area contributed by atoms with Crippen LogP contribution in [0.15, 0.2) is 6.33 Å². The van der Waals surface area contributed by atoms with Gasteiger partial charge in [-0.05, 0) is 12.3 Å². The van der Waals surface area contributed by atoms with Gasteiger partial charge in [0.1, 0.15) is 6.33 Å². The highest BCUT2D eigenvalue weighted by Crippen LogP contribution is 2.22. The number of hydrogen-bond donors (Lipinski definition) is 1. The molecule has 1 aromatic heterocycles. The maximum atomic E-state index is 4.07. The van der Waals surface area contributed by atoms with Crippen LogP contribution < -0.4 is 5.32 Å². The summed E-state index contributed by atoms with van der Waals surface area (Å²) in [6.45, 7) is 8.75. The standard InChI is InChI=1S/C8H15N3S/c1-6(8(2,3)4)11-7-9-5-10-12-7/h5-6H,1-4H3,(H,9,10,11). The maximum absolute atomic E-state index is 4.07. The van der Waals surface area contributed by atoms with Crippen LogP contribution in [0, 0.1) is 5.41 Å². The summed E-state index contributed by atoms with van der Waals surface area (Å²) in [6, 6.07) is 0.408. The monoisotopic (exact) mass is 185 g/mol. The molecule has 4 heteroatoms. The molecule has 0 saturated carbocycles. The third-order valence-corrected chi connectivity index (χ3v) is 2.60. The number of aromatic nitrogens is 2. The summed E-state index contributed by atoms with van der Waals surface area (Å²) in [5.74, 6) is 0. The fraction of sp³-hybridized carbons (Fsp3) is 0.750. The van der Waals surface area contributed by atoms with Gasteiger partial charge in [-0.1, -0.05) is 20.8 Å². The van der Waals surface area contributed by atoms with Crippen molar-refractivity contribution >= 4 is 16.7 Å². The first-order valence-electron chi connectivity index (χ1n) is 4.03. The summed E-state index contributed by atoms with van der Waals surface area (Å²) in [4.78, 5) is 4.07. The van der Waals surface area contributed by atoms with E-state index in [0.717, 1.165) is 5.13 Å². The minimum absolute atomic E-state index is 0.256. The van der Waals surface area contributed by atoms with E-state index in [-0.39, 0.29) is 5.41 Å². The zero-order valence-corrected chi connectivity index (χ0v) is 8.77. The second kappa shape index (κ2) is 3.39. The van der Waals surface area contributed by atoms with Gasteiger partial charge in [0.2, 0.25) is 5.13 Å². The first-order valence-corrected chi connectivity index (χ1v) is 4.80. The number of hydrogen-bond acceptors (Lipinski definition) is 4. The molecule has 1 rings (SSSR count). The molecule has 1 unspecified atom stereocenters. The molecule has 1 aromatic rings. The Bertz CT molecular complexity index is 225. The molecule has 0 aliphatic heterocycles. The lowest BCUT2D eigenvalue weighted by Gasteiger charge is -2.27. The molecule has 0 amide bonds. The van der Waals surface area contributed by atoms with Gasteiger partial charge < -0.3 is 5.32 Å². The van der Waals surface area contributed by atoms with Crippen LogP contribution in [0.4, 0.5) is 5.13 Å². The fourth-order valence-electron chi connectivity index (χ4n) is 0.638. The van der Waals surface area contributed by atoms with E-state index in [1.54, 1.807) is 6.33 Å². The molecule has 0 radical (unpaired) electrons. The maximum Gasteiger partial charge on any atom is 0.202 e. The van der Waals surface area contributed by atoms with Crippen LogP contribution in [0.1, 0.15) is 27.7 Å². The smallest absolute Gasteiger partial charge is 0.202 e. The Morgan fingerprint density at radius 3 is 2.58 bits per heavy atom. The van der Waals surface area contributed by atoms with Gasteiger partial charge >= 0.3 is 0 Å². The van der Waals surface area contributed by atoms with E-state index in [1.165, 1.54) is 11.5 Å². The van der Waals surface area contributed by atoms with Crippen molar-refractivity contribution in [1.82, 2.24) is 9.36 Å². The molecule has 3 nitrogen and oxygen atoms in total. The number of nitrogens with zero attached hydrogens (tertiary/aromatic N) is 2. The molecule has 1 atom stereocenters. The van der Waals surface area contributed by atoms with Gasteiger partial charge in [-0.25, -0.2) is 4.98 Å². The first-order chi connectivity index (χ1) is 5.50. The van der Waals surface area contributed by atoms with E-state index in [4.69, 9.17) is 0 Å². The Kier molecular flexibility index (Phi) is 2.67. The summed E-state index contributed by atoms with van der Waals surface area (Å²) >= 11 is 1.40. The number of anilines is 1. The quantitative estimate of drug-likeness (QED) is 0.768. The average Bonchev–Trinajstić information content (AvgIpc) is 2.37. The average molecular weight is 185 g/mol. The Morgan fingerprint density at radius 1 is 1.50 bits per heavy atom. The van der Waals surface area contributed by atoms with Gasteiger partial charge in [0.05, 0.1) is 0 Å². The molecule has 68 valence electrons. The van der Waals surface area contributed by atoms with Gasteiger partial charge in [-0.2, -0.15) is 4.37 Å². The van der Waals surface area contributed by atoms with Crippen LogP contribution in [-0.4, -0.2) is 15.4 Å². The van der Waals surface area contributed by atoms with Crippen LogP contribution in [0.3, 0.4) is 0 Å². The third kappa shape index (κ3) is 2.44. The molecular formula is C8H15N3S. The van der Waals surface area contributed by atoms with Crippen LogP contribution in [0.2, 0.25) is 0 Å². The Labute approximate surface area is 77.4 Å². The number of rotatable bonds is 2. The lowest BCUT2D eigenvalue weighted by molar-refractivity contribution is 0.359. The summed E-state index contributed by atoms with van der Waals surface area (Å²) in [7, 11) is 0. The van der Waals surface area contributed by atoms with Crippen LogP contribution in [-0.2, 0) is 0 Å². The second-order valence-electron chi connectivity index (χ2n) is 3.98. The topological polar surface area (TPSA) is 37.8 Å². The molecule has 0 fully saturated rings. The van der Waals surface area contributed by atoms with Gasteiger partial charge in [0.15, 0.2) is 0 Å². The normalized spacial score (nSPS) is 14.3. The summed E-state index contributed by atoms with van der Waals surface area (Å²) in [5.41, 5.74) is 0.256. The fourth-order valence-corrected chi connectivity index (χ4v) is 1.16. The van der Waals surface area contributed by atoms with E-state index in [1.807, 2.05) is 0 Å². The van der Waals surface area contributed by atoms with Gasteiger partial charge in [0.25, 0.3) is 0 Å². The van der Waals surface area contributed by atoms with Crippen LogP contribution in [0.25, 0.3) is 0 Å². The highest BCUT2D eigenvalue weighted by Gasteiger charge is 2.20. The van der Waals surface area contributed by atoms with Crippen LogP contribution >= 0.6 is 11.5 Å². The van der Waals surface area contributed by atoms with Crippen molar-refractivity contribution in [3.8, 4) is 0 Å². The highest BCUT2D eigenvalue weighted by molar-refractivity contribution is 7.09. The molecule has 0 aliphatic rings. The lowest BCUT2D eigenvalue weighted by Crippen LogP contribution is -2.30. The SMILES string of the molecule is CC(Nc1ncns1)C(C)(C)C. The minimum atomic E-state index is 0.256. The highest BCUT2D eigenvalue weighted by atomic mass is 32.1. The van der Waals surface area contributed by atoms with E-state index in [2.05, 4.69) is 42.4 Å². The molecule has 0 spiro atoms. The van der Waals surface area contributed by atoms with Gasteiger partial charge in [0, 0.05) is 17.6 Å². The van der Waals surface area contributed by atoms with Crippen molar-refractivity contribution in [3.05, 3.63) is 6.33 Å². The van der Waals surface area contributed by atoms with Crippen molar-refractivity contribution in [2.45, 2.75) is 33.7 Å². The first kappa shape index (κ1) is 9.45. The van der Waals surface area contributed by atoms with Crippen molar-refractivity contribution in [1.29, 1.82) is 0 Å². The lowest BCUT2D eigenvalue weighted by atomic mass is 9.88. The number of nitrogens with one attached hydrogen (secondary N) is 1. The van der Waals surface area contributed by atoms with E-state index >= 15 is 0 Å². The van der Waals surface area contributed by atoms with E-state index in [0.29, 0.717) is 6.04 Å². The summed E-state index contributed by atoms with van der Waals surface area (Å²) in [5, 5.41) is 4.21. The molecule has 1 heterocycles. The Balaban J connectivity index is 2.53. The van der Waals surface area contributed by atoms with Crippen molar-refractivity contribution in [2.24, 2.45) is 5.41 Å². The Morgan fingerprint density at radius 2 is 2.17 bits per heavy atom. The molecule has 0 bridgehead atoms. The molecule has 0 aliphatic carbocycles. The largest absolute Gasteiger partial charge is 0.357 e. The Hall–Kier alpha value is -0.640. The molecular weight excluding hydrogens is 170 g/mol. The van der Waals surface area contributed by atoms with E-state index in [9.17, 15) is 0 Å². The predicted molar refractivity (Wildman–Crippen MR) is 52.4 cm³/mol. The zero-order chi connectivity index (χ0) is 9.19. The molecule has 12 heavy (non-hydrogen) atoms. The second-order valence-corrected chi connectivity index (χ2v) is 4.76. The van der Waals surface area contributed by atoms with Crippen molar-refractivity contribution in [3.63, 3.8) is 0 Å². The predicted octanol–water partition coefficient (Wildman–Crippen LogP) is 2.38. The van der Waals surface area contributed by atoms with Gasteiger partial charge in [-0.15, -0.1) is 0 Å². The van der Waals surface area contributed by atoms with Crippen molar-refractivity contribution in [2.75, 3.05) is 5.32 Å². The third-order valence-electron chi connectivity index (χ3n) is 2.00. The molecule has 0 saturated heterocycles. The van der Waals surface area contributed by atoms with E-state index < -0.39 is 0 Å². The summed E-state index contributed by atoms with van der Waals surface area (Å²) in [6.07, 6.45) is 1.57. The summed E-state index contributed by atoms with van der Waals surface area (Å²) < 4.78 is 3.93. The minimum Gasteiger partial charge on any atom is -0.357 e. The molecule has 0 aromatic carbocycles. The van der Waals surface area contributed by atoms with Gasteiger partial charge in [-0.3, -0.25) is 0 Å². The molecule has 1 N–H and O–H groups in total.